The highest BCUT2D eigenvalue weighted by Crippen LogP contribution is 2.36. The van der Waals surface area contributed by atoms with Crippen LogP contribution in [0.3, 0.4) is 0 Å². The Bertz CT molecular complexity index is 1270. The number of nitro benzene ring substituents is 1. The molecule has 30 heavy (non-hydrogen) atoms. The molecule has 1 amide bonds. The predicted molar refractivity (Wildman–Crippen MR) is 114 cm³/mol. The van der Waals surface area contributed by atoms with Crippen molar-refractivity contribution in [1.29, 1.82) is 0 Å². The molecule has 150 valence electrons. The van der Waals surface area contributed by atoms with Gasteiger partial charge in [0.1, 0.15) is 22.2 Å². The first-order chi connectivity index (χ1) is 14.4. The molecule has 0 saturated heterocycles. The molecule has 0 atom stereocenters. The molecule has 4 aromatic rings. The van der Waals surface area contributed by atoms with E-state index >= 15 is 0 Å². The molecule has 0 aliphatic carbocycles. The van der Waals surface area contributed by atoms with Crippen LogP contribution in [0.4, 0.5) is 15.8 Å². The maximum absolute atomic E-state index is 13.1. The predicted octanol–water partition coefficient (Wildman–Crippen LogP) is 6.65. The van der Waals surface area contributed by atoms with Crippen molar-refractivity contribution < 1.29 is 18.8 Å². The van der Waals surface area contributed by atoms with Crippen molar-refractivity contribution in [3.63, 3.8) is 0 Å². The van der Waals surface area contributed by atoms with Gasteiger partial charge in [0.2, 0.25) is 0 Å². The van der Waals surface area contributed by atoms with Gasteiger partial charge in [-0.25, -0.2) is 4.39 Å². The van der Waals surface area contributed by atoms with Crippen molar-refractivity contribution in [2.75, 3.05) is 5.32 Å². The number of anilines is 1. The minimum absolute atomic E-state index is 0.119. The Kier molecular flexibility index (Phi) is 5.35. The van der Waals surface area contributed by atoms with Gasteiger partial charge < -0.3 is 10.1 Å². The molecule has 0 spiro atoms. The molecule has 6 nitrogen and oxygen atoms in total. The molecule has 0 unspecified atom stereocenters. The second-order valence-electron chi connectivity index (χ2n) is 6.22. The highest BCUT2D eigenvalue weighted by Gasteiger charge is 2.19. The summed E-state index contributed by atoms with van der Waals surface area (Å²) in [5.41, 5.74) is -0.104. The first-order valence-electron chi connectivity index (χ1n) is 8.62. The fourth-order valence-corrected chi connectivity index (χ4v) is 4.22. The molecule has 1 heterocycles. The Labute approximate surface area is 178 Å². The number of nitrogens with one attached hydrogen (secondary N) is 1. The lowest BCUT2D eigenvalue weighted by atomic mass is 10.2. The van der Waals surface area contributed by atoms with Gasteiger partial charge >= 0.3 is 0 Å². The lowest BCUT2D eigenvalue weighted by molar-refractivity contribution is -0.384. The number of benzene rings is 3. The Morgan fingerprint density at radius 3 is 2.50 bits per heavy atom. The molecular weight excluding hydrogens is 431 g/mol. The van der Waals surface area contributed by atoms with Gasteiger partial charge in [-0.3, -0.25) is 14.9 Å². The van der Waals surface area contributed by atoms with Crippen LogP contribution in [-0.4, -0.2) is 10.8 Å². The monoisotopic (exact) mass is 442 g/mol. The van der Waals surface area contributed by atoms with Gasteiger partial charge in [0.05, 0.1) is 21.7 Å². The van der Waals surface area contributed by atoms with Crippen LogP contribution >= 0.6 is 22.9 Å². The van der Waals surface area contributed by atoms with Crippen LogP contribution in [0.5, 0.6) is 11.5 Å². The van der Waals surface area contributed by atoms with E-state index in [0.29, 0.717) is 15.6 Å². The number of nitrogens with zero attached hydrogens (tertiary/aromatic N) is 1. The van der Waals surface area contributed by atoms with Crippen molar-refractivity contribution in [3.8, 4) is 11.5 Å². The van der Waals surface area contributed by atoms with Crippen LogP contribution in [0.25, 0.3) is 10.1 Å². The van der Waals surface area contributed by atoms with Crippen molar-refractivity contribution in [2.45, 2.75) is 0 Å². The third-order valence-electron chi connectivity index (χ3n) is 4.15. The summed E-state index contributed by atoms with van der Waals surface area (Å²) >= 11 is 7.56. The van der Waals surface area contributed by atoms with E-state index in [-0.39, 0.29) is 17.1 Å². The number of carbonyl (C=O) groups excluding carboxylic acids is 1. The van der Waals surface area contributed by atoms with E-state index in [1.54, 1.807) is 0 Å². The second-order valence-corrected chi connectivity index (χ2v) is 7.65. The van der Waals surface area contributed by atoms with Crippen molar-refractivity contribution in [1.82, 2.24) is 0 Å². The van der Waals surface area contributed by atoms with E-state index in [2.05, 4.69) is 5.32 Å². The summed E-state index contributed by atoms with van der Waals surface area (Å²) in [7, 11) is 0. The zero-order valence-electron chi connectivity index (χ0n) is 15.1. The lowest BCUT2D eigenvalue weighted by Crippen LogP contribution is -2.11. The molecule has 0 bridgehead atoms. The number of hydrogen-bond acceptors (Lipinski definition) is 5. The molecule has 3 aromatic carbocycles. The summed E-state index contributed by atoms with van der Waals surface area (Å²) in [5, 5.41) is 15.0. The zero-order chi connectivity index (χ0) is 21.3. The van der Waals surface area contributed by atoms with E-state index in [1.165, 1.54) is 53.8 Å². The highest BCUT2D eigenvalue weighted by molar-refractivity contribution is 7.21. The zero-order valence-corrected chi connectivity index (χ0v) is 16.7. The van der Waals surface area contributed by atoms with Crippen LogP contribution in [0.2, 0.25) is 5.02 Å². The normalized spacial score (nSPS) is 10.7. The summed E-state index contributed by atoms with van der Waals surface area (Å²) in [6.45, 7) is 0. The molecule has 0 saturated carbocycles. The largest absolute Gasteiger partial charge is 0.457 e. The van der Waals surface area contributed by atoms with Gasteiger partial charge in [0.15, 0.2) is 0 Å². The fourth-order valence-electron chi connectivity index (χ4n) is 2.81. The van der Waals surface area contributed by atoms with Gasteiger partial charge in [0.25, 0.3) is 11.6 Å². The van der Waals surface area contributed by atoms with Crippen molar-refractivity contribution >= 4 is 50.3 Å². The number of thiophene rings is 1. The first-order valence-corrected chi connectivity index (χ1v) is 9.81. The number of carbonyl (C=O) groups is 1. The van der Waals surface area contributed by atoms with Crippen LogP contribution in [0, 0.1) is 15.9 Å². The van der Waals surface area contributed by atoms with Gasteiger partial charge in [-0.05, 0) is 30.3 Å². The molecule has 1 aromatic heterocycles. The number of fused-ring (bicyclic) bond motifs is 1. The third-order valence-corrected chi connectivity index (χ3v) is 5.82. The van der Waals surface area contributed by atoms with E-state index in [0.717, 1.165) is 10.1 Å². The third kappa shape index (κ3) is 4.10. The quantitative estimate of drug-likeness (QED) is 0.277. The van der Waals surface area contributed by atoms with Gasteiger partial charge in [-0.1, -0.05) is 29.8 Å². The van der Waals surface area contributed by atoms with Gasteiger partial charge in [0, 0.05) is 22.2 Å². The maximum atomic E-state index is 13.1. The van der Waals surface area contributed by atoms with Crippen LogP contribution in [0.15, 0.2) is 66.7 Å². The Morgan fingerprint density at radius 1 is 1.07 bits per heavy atom. The topological polar surface area (TPSA) is 81.5 Å². The van der Waals surface area contributed by atoms with Gasteiger partial charge in [-0.2, -0.15) is 0 Å². The smallest absolute Gasteiger partial charge is 0.275 e. The van der Waals surface area contributed by atoms with Crippen LogP contribution in [-0.2, 0) is 0 Å². The van der Waals surface area contributed by atoms with Crippen molar-refractivity contribution in [3.05, 3.63) is 92.6 Å². The molecule has 4 rings (SSSR count). The number of nitro groups is 1. The molecule has 0 aliphatic heterocycles. The molecular formula is C21H12ClFN2O4S. The summed E-state index contributed by atoms with van der Waals surface area (Å²) in [6.07, 6.45) is 0. The highest BCUT2D eigenvalue weighted by atomic mass is 35.5. The molecule has 1 N–H and O–H groups in total. The van der Waals surface area contributed by atoms with Gasteiger partial charge in [-0.15, -0.1) is 11.3 Å². The fraction of sp³-hybridized carbons (Fsp3) is 0. The standard InChI is InChI=1S/C21H12ClFN2O4S/c22-19-17-3-1-2-4-18(17)30-20(19)21(26)24-13-9-14(25(27)28)11-16(10-13)29-15-7-5-12(23)6-8-15/h1-11H,(H,24,26). The van der Waals surface area contributed by atoms with Crippen molar-refractivity contribution in [2.24, 2.45) is 0 Å². The van der Waals surface area contributed by atoms with E-state index < -0.39 is 16.6 Å². The number of hydrogen-bond donors (Lipinski definition) is 1. The average molecular weight is 443 g/mol. The summed E-state index contributed by atoms with van der Waals surface area (Å²) in [4.78, 5) is 23.8. The van der Waals surface area contributed by atoms with E-state index in [9.17, 15) is 19.3 Å². The minimum atomic E-state index is -0.598. The SMILES string of the molecule is O=C(Nc1cc(Oc2ccc(F)cc2)cc([N+](=O)[O-])c1)c1sc2ccccc2c1Cl. The maximum Gasteiger partial charge on any atom is 0.275 e. The minimum Gasteiger partial charge on any atom is -0.457 e. The number of ether oxygens (including phenoxy) is 1. The van der Waals surface area contributed by atoms with Crippen LogP contribution < -0.4 is 10.1 Å². The summed E-state index contributed by atoms with van der Waals surface area (Å²) < 4.78 is 19.5. The average Bonchev–Trinajstić information content (AvgIpc) is 3.06. The van der Waals surface area contributed by atoms with E-state index in [4.69, 9.17) is 16.3 Å². The molecule has 0 fully saturated rings. The first kappa shape index (κ1) is 19.8. The molecule has 0 aliphatic rings. The van der Waals surface area contributed by atoms with Crippen LogP contribution in [0.1, 0.15) is 9.67 Å². The molecule has 9 heteroatoms. The Balaban J connectivity index is 1.64. The number of halogens is 2. The Hall–Kier alpha value is -3.49. The second kappa shape index (κ2) is 8.10. The summed E-state index contributed by atoms with van der Waals surface area (Å²) in [5.74, 6) is -0.515. The number of amides is 1. The van der Waals surface area contributed by atoms with E-state index in [1.807, 2.05) is 24.3 Å². The Morgan fingerprint density at radius 2 is 1.80 bits per heavy atom. The lowest BCUT2D eigenvalue weighted by Gasteiger charge is -2.09. The molecule has 0 radical (unpaired) electrons. The number of non-ortho nitro benzene ring substituents is 1. The number of rotatable bonds is 5. The summed E-state index contributed by atoms with van der Waals surface area (Å²) in [6, 6.07) is 16.4.